The molecule has 0 N–H and O–H groups in total. The number of nitrogens with zero attached hydrogens (tertiary/aromatic N) is 2. The van der Waals surface area contributed by atoms with Crippen LogP contribution in [0.2, 0.25) is 0 Å². The van der Waals surface area contributed by atoms with Gasteiger partial charge in [0.1, 0.15) is 11.1 Å². The van der Waals surface area contributed by atoms with Crippen LogP contribution in [-0.2, 0) is 11.2 Å². The van der Waals surface area contributed by atoms with Crippen molar-refractivity contribution in [3.05, 3.63) is 59.9 Å². The molecule has 120 valence electrons. The van der Waals surface area contributed by atoms with E-state index >= 15 is 0 Å². The van der Waals surface area contributed by atoms with Gasteiger partial charge in [-0.15, -0.1) is 11.8 Å². The van der Waals surface area contributed by atoms with Gasteiger partial charge >= 0.3 is 0 Å². The highest BCUT2D eigenvalue weighted by molar-refractivity contribution is 8.01. The Morgan fingerprint density at radius 2 is 2.04 bits per heavy atom. The van der Waals surface area contributed by atoms with Gasteiger partial charge in [0.05, 0.1) is 12.4 Å². The maximum atomic E-state index is 12.5. The molecule has 1 aliphatic heterocycles. The summed E-state index contributed by atoms with van der Waals surface area (Å²) in [5, 5.41) is 0.0560. The van der Waals surface area contributed by atoms with Gasteiger partial charge in [-0.25, -0.2) is 0 Å². The molecule has 0 radical (unpaired) electrons. The summed E-state index contributed by atoms with van der Waals surface area (Å²) in [7, 11) is 1.66. The van der Waals surface area contributed by atoms with Gasteiger partial charge in [0, 0.05) is 24.5 Å². The van der Waals surface area contributed by atoms with Crippen LogP contribution in [0.25, 0.3) is 0 Å². The highest BCUT2D eigenvalue weighted by Gasteiger charge is 2.38. The Bertz CT molecular complexity index is 660. The van der Waals surface area contributed by atoms with Crippen LogP contribution < -0.4 is 4.74 Å². The van der Waals surface area contributed by atoms with Crippen molar-refractivity contribution in [1.29, 1.82) is 0 Å². The molecule has 23 heavy (non-hydrogen) atoms. The van der Waals surface area contributed by atoms with Crippen LogP contribution in [-0.4, -0.2) is 34.7 Å². The minimum Gasteiger partial charge on any atom is -0.497 e. The van der Waals surface area contributed by atoms with E-state index in [1.807, 2.05) is 42.3 Å². The van der Waals surface area contributed by atoms with E-state index in [4.69, 9.17) is 4.74 Å². The van der Waals surface area contributed by atoms with Crippen molar-refractivity contribution in [2.45, 2.75) is 24.0 Å². The van der Waals surface area contributed by atoms with Gasteiger partial charge in [0.2, 0.25) is 5.91 Å². The minimum absolute atomic E-state index is 0.00364. The van der Waals surface area contributed by atoms with Crippen LogP contribution >= 0.6 is 11.8 Å². The summed E-state index contributed by atoms with van der Waals surface area (Å²) in [6.07, 6.45) is 4.44. The highest BCUT2D eigenvalue weighted by atomic mass is 32.2. The lowest BCUT2D eigenvalue weighted by Gasteiger charge is -2.24. The fourth-order valence-electron chi connectivity index (χ4n) is 2.72. The number of hydrogen-bond acceptors (Lipinski definition) is 4. The second kappa shape index (κ2) is 7.04. The van der Waals surface area contributed by atoms with Gasteiger partial charge in [-0.05, 0) is 37.1 Å². The summed E-state index contributed by atoms with van der Waals surface area (Å²) < 4.78 is 5.18. The molecule has 0 saturated carbocycles. The Kier molecular flexibility index (Phi) is 4.86. The van der Waals surface area contributed by atoms with Gasteiger partial charge in [0.25, 0.3) is 0 Å². The van der Waals surface area contributed by atoms with E-state index in [0.717, 1.165) is 17.7 Å². The Morgan fingerprint density at radius 1 is 1.26 bits per heavy atom. The second-order valence-corrected chi connectivity index (χ2v) is 6.97. The van der Waals surface area contributed by atoms with E-state index in [-0.39, 0.29) is 16.5 Å². The van der Waals surface area contributed by atoms with E-state index in [1.165, 1.54) is 5.56 Å². The molecular formula is C18H20N2O2S. The third kappa shape index (κ3) is 3.50. The normalized spacial score (nSPS) is 20.8. The number of thioether (sulfide) groups is 1. The zero-order valence-corrected chi connectivity index (χ0v) is 14.1. The fraction of sp³-hybridized carbons (Fsp3) is 0.333. The smallest absolute Gasteiger partial charge is 0.236 e. The van der Waals surface area contributed by atoms with Crippen molar-refractivity contribution in [3.63, 3.8) is 0 Å². The first-order valence-electron chi connectivity index (χ1n) is 7.68. The monoisotopic (exact) mass is 328 g/mol. The van der Waals surface area contributed by atoms with Crippen molar-refractivity contribution in [1.82, 2.24) is 9.88 Å². The predicted octanol–water partition coefficient (Wildman–Crippen LogP) is 3.30. The molecule has 4 nitrogen and oxygen atoms in total. The summed E-state index contributed by atoms with van der Waals surface area (Å²) in [6.45, 7) is 2.69. The predicted molar refractivity (Wildman–Crippen MR) is 92.4 cm³/mol. The third-order valence-corrected chi connectivity index (χ3v) is 5.41. The lowest BCUT2D eigenvalue weighted by Crippen LogP contribution is -2.32. The molecule has 0 spiro atoms. The Hall–Kier alpha value is -2.01. The molecule has 1 aromatic heterocycles. The Labute approximate surface area is 140 Å². The summed E-state index contributed by atoms with van der Waals surface area (Å²) in [5.74, 6) is 1.06. The number of ether oxygens (including phenoxy) is 1. The average molecular weight is 328 g/mol. The number of methoxy groups -OCH3 is 1. The molecule has 0 bridgehead atoms. The van der Waals surface area contributed by atoms with Crippen LogP contribution in [0.15, 0.2) is 48.8 Å². The number of carbonyl (C=O) groups excluding carboxylic acids is 1. The average Bonchev–Trinajstić information content (AvgIpc) is 2.89. The standard InChI is InChI=1S/C18H20N2O2S/c1-13-17(21)20(18(23-13)15-4-3-10-19-12-15)11-9-14-5-7-16(22-2)8-6-14/h3-8,10,12-13,18H,9,11H2,1-2H3/t13-,18-/m1/s1. The molecule has 1 aromatic carbocycles. The quantitative estimate of drug-likeness (QED) is 0.844. The van der Waals surface area contributed by atoms with Crippen molar-refractivity contribution in [3.8, 4) is 5.75 Å². The first-order valence-corrected chi connectivity index (χ1v) is 8.62. The van der Waals surface area contributed by atoms with Gasteiger partial charge in [-0.3, -0.25) is 9.78 Å². The van der Waals surface area contributed by atoms with E-state index in [1.54, 1.807) is 25.1 Å². The minimum atomic E-state index is -0.00364. The maximum Gasteiger partial charge on any atom is 0.236 e. The van der Waals surface area contributed by atoms with Crippen molar-refractivity contribution >= 4 is 17.7 Å². The molecule has 1 aliphatic rings. The van der Waals surface area contributed by atoms with Gasteiger partial charge in [-0.1, -0.05) is 18.2 Å². The number of benzene rings is 1. The van der Waals surface area contributed by atoms with Gasteiger partial charge < -0.3 is 9.64 Å². The summed E-state index contributed by atoms with van der Waals surface area (Å²) in [5.41, 5.74) is 2.29. The zero-order valence-electron chi connectivity index (χ0n) is 13.3. The van der Waals surface area contributed by atoms with Crippen LogP contribution in [0.4, 0.5) is 0 Å². The molecule has 2 heterocycles. The molecule has 5 heteroatoms. The van der Waals surface area contributed by atoms with Crippen molar-refractivity contribution in [2.75, 3.05) is 13.7 Å². The molecule has 1 amide bonds. The molecular weight excluding hydrogens is 308 g/mol. The number of carbonyl (C=O) groups is 1. The maximum absolute atomic E-state index is 12.5. The van der Waals surface area contributed by atoms with Crippen molar-refractivity contribution < 1.29 is 9.53 Å². The number of aromatic nitrogens is 1. The van der Waals surface area contributed by atoms with E-state index in [2.05, 4.69) is 17.1 Å². The van der Waals surface area contributed by atoms with Gasteiger partial charge in [0.15, 0.2) is 0 Å². The lowest BCUT2D eigenvalue weighted by atomic mass is 10.1. The van der Waals surface area contributed by atoms with E-state index < -0.39 is 0 Å². The topological polar surface area (TPSA) is 42.4 Å². The van der Waals surface area contributed by atoms with E-state index in [0.29, 0.717) is 6.54 Å². The summed E-state index contributed by atoms with van der Waals surface area (Å²) in [6, 6.07) is 12.0. The zero-order chi connectivity index (χ0) is 16.2. The number of amides is 1. The summed E-state index contributed by atoms with van der Waals surface area (Å²) >= 11 is 1.69. The Morgan fingerprint density at radius 3 is 2.70 bits per heavy atom. The molecule has 0 unspecified atom stereocenters. The number of pyridine rings is 1. The molecule has 2 aromatic rings. The second-order valence-electron chi connectivity index (χ2n) is 5.55. The first-order chi connectivity index (χ1) is 11.2. The molecule has 1 saturated heterocycles. The lowest BCUT2D eigenvalue weighted by molar-refractivity contribution is -0.129. The molecule has 3 rings (SSSR count). The van der Waals surface area contributed by atoms with Crippen LogP contribution in [0.5, 0.6) is 5.75 Å². The Balaban J connectivity index is 1.72. The molecule has 0 aliphatic carbocycles. The highest BCUT2D eigenvalue weighted by Crippen LogP contribution is 2.42. The SMILES string of the molecule is COc1ccc(CCN2C(=O)[C@@H](C)S[C@@H]2c2cccnc2)cc1. The number of rotatable bonds is 5. The first kappa shape index (κ1) is 15.9. The van der Waals surface area contributed by atoms with Crippen LogP contribution in [0.1, 0.15) is 23.4 Å². The van der Waals surface area contributed by atoms with Crippen LogP contribution in [0, 0.1) is 0 Å². The number of hydrogen-bond donors (Lipinski definition) is 0. The van der Waals surface area contributed by atoms with Crippen molar-refractivity contribution in [2.24, 2.45) is 0 Å². The van der Waals surface area contributed by atoms with E-state index in [9.17, 15) is 4.79 Å². The van der Waals surface area contributed by atoms with Gasteiger partial charge in [-0.2, -0.15) is 0 Å². The third-order valence-electron chi connectivity index (χ3n) is 4.02. The fourth-order valence-corrected chi connectivity index (χ4v) is 4.02. The largest absolute Gasteiger partial charge is 0.497 e. The molecule has 2 atom stereocenters. The molecule has 1 fully saturated rings. The summed E-state index contributed by atoms with van der Waals surface area (Å²) in [4.78, 5) is 18.6. The van der Waals surface area contributed by atoms with Crippen LogP contribution in [0.3, 0.4) is 0 Å².